The lowest BCUT2D eigenvalue weighted by Gasteiger charge is -2.47. The Morgan fingerprint density at radius 3 is 2.52 bits per heavy atom. The van der Waals surface area contributed by atoms with Gasteiger partial charge in [0.1, 0.15) is 11.4 Å². The number of hydrogen-bond donors (Lipinski definition) is 3. The number of benzene rings is 1. The fourth-order valence-corrected chi connectivity index (χ4v) is 3.88. The Hall–Kier alpha value is -2.83. The van der Waals surface area contributed by atoms with Crippen molar-refractivity contribution < 1.29 is 29.7 Å². The zero-order valence-electron chi connectivity index (χ0n) is 13.2. The van der Waals surface area contributed by atoms with Crippen LogP contribution in [0.25, 0.3) is 0 Å². The third-order valence-electron chi connectivity index (χ3n) is 5.05. The average molecular weight is 338 g/mol. The van der Waals surface area contributed by atoms with Crippen molar-refractivity contribution in [3.8, 4) is 5.75 Å². The van der Waals surface area contributed by atoms with E-state index in [1.165, 1.54) is 36.4 Å². The molecule has 0 saturated carbocycles. The summed E-state index contributed by atoms with van der Waals surface area (Å²) in [4.78, 5) is 38.3. The van der Waals surface area contributed by atoms with Crippen molar-refractivity contribution in [3.05, 3.63) is 64.3 Å². The molecule has 0 amide bonds. The highest BCUT2D eigenvalue weighted by molar-refractivity contribution is 6.32. The number of rotatable bonds is 0. The van der Waals surface area contributed by atoms with Gasteiger partial charge in [0, 0.05) is 17.6 Å². The van der Waals surface area contributed by atoms with E-state index in [2.05, 4.69) is 0 Å². The van der Waals surface area contributed by atoms with Crippen molar-refractivity contribution >= 4 is 17.3 Å². The maximum absolute atomic E-state index is 13.0. The number of aliphatic hydroxyl groups is 2. The van der Waals surface area contributed by atoms with E-state index in [1.807, 2.05) is 0 Å². The molecule has 25 heavy (non-hydrogen) atoms. The Morgan fingerprint density at radius 1 is 1.08 bits per heavy atom. The number of allylic oxidation sites excluding steroid dienone is 2. The van der Waals surface area contributed by atoms with Crippen LogP contribution in [-0.4, -0.2) is 43.9 Å². The first-order chi connectivity index (χ1) is 11.7. The Labute approximate surface area is 142 Å². The van der Waals surface area contributed by atoms with Gasteiger partial charge in [0.25, 0.3) is 0 Å². The monoisotopic (exact) mass is 338 g/mol. The molecule has 0 aliphatic heterocycles. The normalized spacial score (nSPS) is 30.7. The minimum atomic E-state index is -2.54. The molecule has 0 aromatic heterocycles. The molecular formula is C19H14O6. The fraction of sp³-hybridized carbons (Fsp3) is 0.211. The van der Waals surface area contributed by atoms with Gasteiger partial charge in [0.15, 0.2) is 23.0 Å². The quantitative estimate of drug-likeness (QED) is 0.651. The summed E-state index contributed by atoms with van der Waals surface area (Å²) in [7, 11) is 0. The van der Waals surface area contributed by atoms with Gasteiger partial charge in [-0.3, -0.25) is 14.4 Å². The molecule has 3 aliphatic rings. The Bertz CT molecular complexity index is 980. The molecule has 1 aromatic carbocycles. The molecule has 0 bridgehead atoms. The van der Waals surface area contributed by atoms with Crippen LogP contribution in [0.5, 0.6) is 5.75 Å². The summed E-state index contributed by atoms with van der Waals surface area (Å²) in [5, 5.41) is 32.0. The lowest BCUT2D eigenvalue weighted by atomic mass is 9.61. The number of phenols is 1. The van der Waals surface area contributed by atoms with Crippen LogP contribution in [0.1, 0.15) is 34.1 Å². The van der Waals surface area contributed by atoms with E-state index in [0.717, 1.165) is 0 Å². The predicted octanol–water partition coefficient (Wildman–Crippen LogP) is 1.02. The number of carbonyl (C=O) groups excluding carboxylic acids is 3. The number of carbonyl (C=O) groups is 3. The van der Waals surface area contributed by atoms with Gasteiger partial charge in [-0.25, -0.2) is 0 Å². The number of fused-ring (bicyclic) bond motifs is 3. The fourth-order valence-electron chi connectivity index (χ4n) is 3.88. The van der Waals surface area contributed by atoms with Gasteiger partial charge in [-0.2, -0.15) is 0 Å². The minimum Gasteiger partial charge on any atom is -0.507 e. The summed E-state index contributed by atoms with van der Waals surface area (Å²) in [6.07, 6.45) is 3.55. The maximum Gasteiger partial charge on any atom is 0.198 e. The van der Waals surface area contributed by atoms with E-state index in [-0.39, 0.29) is 28.9 Å². The van der Waals surface area contributed by atoms with Gasteiger partial charge in [-0.05, 0) is 25.1 Å². The molecule has 0 spiro atoms. The molecule has 0 saturated heterocycles. The molecule has 6 nitrogen and oxygen atoms in total. The third kappa shape index (κ3) is 1.72. The molecule has 0 unspecified atom stereocenters. The maximum atomic E-state index is 13.0. The molecule has 6 heteroatoms. The lowest BCUT2D eigenvalue weighted by Crippen LogP contribution is -2.64. The van der Waals surface area contributed by atoms with Crippen LogP contribution in [0.15, 0.2) is 53.1 Å². The highest BCUT2D eigenvalue weighted by Crippen LogP contribution is 2.48. The van der Waals surface area contributed by atoms with Crippen LogP contribution < -0.4 is 0 Å². The zero-order chi connectivity index (χ0) is 18.1. The van der Waals surface area contributed by atoms with Gasteiger partial charge in [-0.15, -0.1) is 0 Å². The molecule has 126 valence electrons. The number of aromatic hydroxyl groups is 1. The Balaban J connectivity index is 2.04. The van der Waals surface area contributed by atoms with E-state index in [1.54, 1.807) is 6.92 Å². The second-order valence-corrected chi connectivity index (χ2v) is 6.65. The van der Waals surface area contributed by atoms with Crippen LogP contribution in [0.2, 0.25) is 0 Å². The van der Waals surface area contributed by atoms with Crippen LogP contribution in [0.3, 0.4) is 0 Å². The smallest absolute Gasteiger partial charge is 0.198 e. The summed E-state index contributed by atoms with van der Waals surface area (Å²) in [6.45, 7) is 1.63. The van der Waals surface area contributed by atoms with Gasteiger partial charge in [-0.1, -0.05) is 23.8 Å². The van der Waals surface area contributed by atoms with Crippen molar-refractivity contribution in [1.29, 1.82) is 0 Å². The van der Waals surface area contributed by atoms with Crippen LogP contribution >= 0.6 is 0 Å². The average Bonchev–Trinajstić information content (AvgIpc) is 2.53. The summed E-state index contributed by atoms with van der Waals surface area (Å²) >= 11 is 0. The molecule has 3 aliphatic carbocycles. The minimum absolute atomic E-state index is 0.0448. The van der Waals surface area contributed by atoms with Crippen LogP contribution in [0.4, 0.5) is 0 Å². The van der Waals surface area contributed by atoms with Crippen molar-refractivity contribution in [2.45, 2.75) is 24.5 Å². The topological polar surface area (TPSA) is 112 Å². The molecule has 1 aromatic rings. The van der Waals surface area contributed by atoms with E-state index in [0.29, 0.717) is 5.57 Å². The van der Waals surface area contributed by atoms with Crippen LogP contribution in [0, 0.1) is 0 Å². The Morgan fingerprint density at radius 2 is 1.80 bits per heavy atom. The highest BCUT2D eigenvalue weighted by Gasteiger charge is 2.62. The predicted molar refractivity (Wildman–Crippen MR) is 86.2 cm³/mol. The second kappa shape index (κ2) is 4.62. The van der Waals surface area contributed by atoms with Gasteiger partial charge in [0.2, 0.25) is 0 Å². The van der Waals surface area contributed by atoms with E-state index in [9.17, 15) is 29.7 Å². The molecular weight excluding hydrogens is 324 g/mol. The standard InChI is InChI=1S/C19H14O6/c1-9-7-13(21)19(25)15-11(5-6-18(19,24)8-9)16(22)14-10(17(15)23)3-2-4-12(14)20/h2-7,20,24-25H,8H2,1H3/t18-,19-/m1/s1. The number of ketones is 3. The van der Waals surface area contributed by atoms with Gasteiger partial charge >= 0.3 is 0 Å². The first kappa shape index (κ1) is 15.7. The molecule has 0 fully saturated rings. The van der Waals surface area contributed by atoms with E-state index in [4.69, 9.17) is 0 Å². The largest absolute Gasteiger partial charge is 0.507 e. The lowest BCUT2D eigenvalue weighted by molar-refractivity contribution is -0.151. The first-order valence-corrected chi connectivity index (χ1v) is 7.72. The molecule has 3 N–H and O–H groups in total. The summed E-state index contributed by atoms with van der Waals surface area (Å²) < 4.78 is 0. The van der Waals surface area contributed by atoms with Crippen molar-refractivity contribution in [1.82, 2.24) is 0 Å². The zero-order valence-corrected chi connectivity index (χ0v) is 13.2. The van der Waals surface area contributed by atoms with Crippen molar-refractivity contribution in [2.75, 3.05) is 0 Å². The first-order valence-electron chi connectivity index (χ1n) is 7.72. The van der Waals surface area contributed by atoms with E-state index < -0.39 is 34.1 Å². The summed E-state index contributed by atoms with van der Waals surface area (Å²) in [5.74, 6) is -2.63. The second-order valence-electron chi connectivity index (χ2n) is 6.65. The van der Waals surface area contributed by atoms with Gasteiger partial charge in [0.05, 0.1) is 11.1 Å². The molecule has 0 heterocycles. The summed E-state index contributed by atoms with van der Waals surface area (Å²) in [5.41, 5.74) is -4.88. The van der Waals surface area contributed by atoms with Crippen LogP contribution in [-0.2, 0) is 4.79 Å². The third-order valence-corrected chi connectivity index (χ3v) is 5.05. The number of phenolic OH excluding ortho intramolecular Hbond substituents is 1. The highest BCUT2D eigenvalue weighted by atomic mass is 16.4. The Kier molecular flexibility index (Phi) is 2.90. The number of Topliss-reactive ketones (excluding diaryl/α,β-unsaturated/α-hetero) is 2. The van der Waals surface area contributed by atoms with Crippen molar-refractivity contribution in [2.24, 2.45) is 0 Å². The number of hydrogen-bond acceptors (Lipinski definition) is 6. The molecule has 0 radical (unpaired) electrons. The van der Waals surface area contributed by atoms with E-state index >= 15 is 0 Å². The summed E-state index contributed by atoms with van der Waals surface area (Å²) in [6, 6.07) is 4.02. The molecule has 4 rings (SSSR count). The molecule has 2 atom stereocenters. The van der Waals surface area contributed by atoms with Gasteiger partial charge < -0.3 is 15.3 Å². The van der Waals surface area contributed by atoms with Crippen molar-refractivity contribution in [3.63, 3.8) is 0 Å². The SMILES string of the molecule is CC1=CC(=O)[C@@]2(O)C3=C(C=C[C@@]2(O)C1)C(=O)c1c(O)cccc1C3=O.